The van der Waals surface area contributed by atoms with Gasteiger partial charge in [-0.15, -0.1) is 0 Å². The first kappa shape index (κ1) is 19.2. The highest BCUT2D eigenvalue weighted by Gasteiger charge is 2.30. The summed E-state index contributed by atoms with van der Waals surface area (Å²) in [6, 6.07) is 10.5. The number of piperidine rings is 1. The SMILES string of the molecule is Cc1ccc(C(=O)NC2CCN(C(=O)c3cccc(NC(=O)C4CC4)c3)CC2)o1. The van der Waals surface area contributed by atoms with Gasteiger partial charge in [-0.05, 0) is 62.9 Å². The van der Waals surface area contributed by atoms with E-state index in [9.17, 15) is 14.4 Å². The first-order valence-corrected chi connectivity index (χ1v) is 10.1. The van der Waals surface area contributed by atoms with Gasteiger partial charge >= 0.3 is 0 Å². The molecule has 0 spiro atoms. The Morgan fingerprint density at radius 2 is 1.79 bits per heavy atom. The summed E-state index contributed by atoms with van der Waals surface area (Å²) in [7, 11) is 0. The molecule has 1 saturated carbocycles. The van der Waals surface area contributed by atoms with Crippen molar-refractivity contribution in [3.63, 3.8) is 0 Å². The molecule has 7 nitrogen and oxygen atoms in total. The molecule has 2 aliphatic rings. The lowest BCUT2D eigenvalue weighted by molar-refractivity contribution is -0.117. The van der Waals surface area contributed by atoms with Crippen molar-refractivity contribution in [2.24, 2.45) is 5.92 Å². The number of likely N-dealkylation sites (tertiary alicyclic amines) is 1. The number of carbonyl (C=O) groups excluding carboxylic acids is 3. The van der Waals surface area contributed by atoms with E-state index in [0.717, 1.165) is 12.8 Å². The smallest absolute Gasteiger partial charge is 0.287 e. The number of hydrogen-bond acceptors (Lipinski definition) is 4. The van der Waals surface area contributed by atoms with Gasteiger partial charge in [0.1, 0.15) is 5.76 Å². The number of rotatable bonds is 5. The van der Waals surface area contributed by atoms with E-state index in [1.54, 1.807) is 48.2 Å². The van der Waals surface area contributed by atoms with Crippen LogP contribution in [0.4, 0.5) is 5.69 Å². The van der Waals surface area contributed by atoms with Crippen LogP contribution in [0.1, 0.15) is 52.4 Å². The zero-order valence-corrected chi connectivity index (χ0v) is 16.4. The first-order chi connectivity index (χ1) is 14.0. The second kappa shape index (κ2) is 8.11. The van der Waals surface area contributed by atoms with Crippen molar-refractivity contribution in [1.29, 1.82) is 0 Å². The summed E-state index contributed by atoms with van der Waals surface area (Å²) >= 11 is 0. The molecular formula is C22H25N3O4. The van der Waals surface area contributed by atoms with E-state index in [0.29, 0.717) is 48.7 Å². The zero-order valence-electron chi connectivity index (χ0n) is 16.4. The predicted molar refractivity (Wildman–Crippen MR) is 108 cm³/mol. The molecule has 7 heteroatoms. The Balaban J connectivity index is 1.30. The minimum atomic E-state index is -0.220. The third-order valence-electron chi connectivity index (χ3n) is 5.41. The number of furan rings is 1. The molecule has 1 aromatic heterocycles. The van der Waals surface area contributed by atoms with Gasteiger partial charge in [-0.1, -0.05) is 6.07 Å². The van der Waals surface area contributed by atoms with Gasteiger partial charge in [0.2, 0.25) is 5.91 Å². The maximum absolute atomic E-state index is 12.8. The third kappa shape index (κ3) is 4.67. The van der Waals surface area contributed by atoms with Gasteiger partial charge < -0.3 is 20.0 Å². The van der Waals surface area contributed by atoms with Crippen molar-refractivity contribution >= 4 is 23.4 Å². The minimum Gasteiger partial charge on any atom is -0.456 e. The van der Waals surface area contributed by atoms with Crippen LogP contribution in [0.15, 0.2) is 40.8 Å². The topological polar surface area (TPSA) is 91.7 Å². The number of anilines is 1. The molecule has 152 valence electrons. The number of carbonyl (C=O) groups is 3. The molecule has 2 aromatic rings. The summed E-state index contributed by atoms with van der Waals surface area (Å²) in [4.78, 5) is 38.8. The molecule has 4 rings (SSSR count). The lowest BCUT2D eigenvalue weighted by Crippen LogP contribution is -2.46. The van der Waals surface area contributed by atoms with E-state index in [2.05, 4.69) is 10.6 Å². The number of nitrogens with zero attached hydrogens (tertiary/aromatic N) is 1. The van der Waals surface area contributed by atoms with Crippen LogP contribution < -0.4 is 10.6 Å². The third-order valence-corrected chi connectivity index (χ3v) is 5.41. The summed E-state index contributed by atoms with van der Waals surface area (Å²) in [6.07, 6.45) is 3.26. The molecule has 0 atom stereocenters. The second-order valence-electron chi connectivity index (χ2n) is 7.79. The Kier molecular flexibility index (Phi) is 5.38. The standard InChI is InChI=1S/C22H25N3O4/c1-14-5-8-19(29-14)21(27)23-17-9-11-25(12-10-17)22(28)16-3-2-4-18(13-16)24-20(26)15-6-7-15/h2-5,8,13,15,17H,6-7,9-12H2,1H3,(H,23,27)(H,24,26). The van der Waals surface area contributed by atoms with E-state index in [1.807, 2.05) is 0 Å². The quantitative estimate of drug-likeness (QED) is 0.814. The van der Waals surface area contributed by atoms with Crippen molar-refractivity contribution in [3.8, 4) is 0 Å². The molecule has 0 radical (unpaired) electrons. The van der Waals surface area contributed by atoms with Crippen molar-refractivity contribution in [2.45, 2.75) is 38.6 Å². The normalized spacial score (nSPS) is 17.1. The van der Waals surface area contributed by atoms with E-state index in [4.69, 9.17) is 4.42 Å². The van der Waals surface area contributed by atoms with Crippen molar-refractivity contribution < 1.29 is 18.8 Å². The van der Waals surface area contributed by atoms with E-state index < -0.39 is 0 Å². The second-order valence-corrected chi connectivity index (χ2v) is 7.79. The van der Waals surface area contributed by atoms with Crippen molar-refractivity contribution in [2.75, 3.05) is 18.4 Å². The van der Waals surface area contributed by atoms with Gasteiger partial charge in [0.25, 0.3) is 11.8 Å². The van der Waals surface area contributed by atoms with Crippen LogP contribution in [-0.4, -0.2) is 41.8 Å². The summed E-state index contributed by atoms with van der Waals surface area (Å²) in [5, 5.41) is 5.86. The average Bonchev–Trinajstić information content (AvgIpc) is 3.49. The van der Waals surface area contributed by atoms with Gasteiger partial charge in [0.15, 0.2) is 5.76 Å². The lowest BCUT2D eigenvalue weighted by Gasteiger charge is -2.32. The molecular weight excluding hydrogens is 370 g/mol. The van der Waals surface area contributed by atoms with Crippen LogP contribution >= 0.6 is 0 Å². The fraction of sp³-hybridized carbons (Fsp3) is 0.409. The van der Waals surface area contributed by atoms with Gasteiger partial charge in [-0.25, -0.2) is 0 Å². The molecule has 2 fully saturated rings. The molecule has 2 N–H and O–H groups in total. The summed E-state index contributed by atoms with van der Waals surface area (Å²) in [6.45, 7) is 2.94. The van der Waals surface area contributed by atoms with Gasteiger partial charge in [-0.3, -0.25) is 14.4 Å². The van der Waals surface area contributed by atoms with Crippen LogP contribution in [0, 0.1) is 12.8 Å². The zero-order chi connectivity index (χ0) is 20.4. The first-order valence-electron chi connectivity index (χ1n) is 10.1. The van der Waals surface area contributed by atoms with Crippen LogP contribution in [0.25, 0.3) is 0 Å². The maximum atomic E-state index is 12.8. The Hall–Kier alpha value is -3.09. The van der Waals surface area contributed by atoms with Crippen LogP contribution in [0.3, 0.4) is 0 Å². The minimum absolute atomic E-state index is 0.0149. The number of benzene rings is 1. The highest BCUT2D eigenvalue weighted by Crippen LogP contribution is 2.30. The van der Waals surface area contributed by atoms with Crippen molar-refractivity contribution in [1.82, 2.24) is 10.2 Å². The van der Waals surface area contributed by atoms with E-state index >= 15 is 0 Å². The number of amides is 3. The van der Waals surface area contributed by atoms with Crippen LogP contribution in [0.2, 0.25) is 0 Å². The molecule has 1 saturated heterocycles. The lowest BCUT2D eigenvalue weighted by atomic mass is 10.0. The van der Waals surface area contributed by atoms with Crippen molar-refractivity contribution in [3.05, 3.63) is 53.5 Å². The number of nitrogens with one attached hydrogen (secondary N) is 2. The maximum Gasteiger partial charge on any atom is 0.287 e. The summed E-state index contributed by atoms with van der Waals surface area (Å²) in [5.74, 6) is 0.879. The van der Waals surface area contributed by atoms with Gasteiger partial charge in [0, 0.05) is 36.3 Å². The molecule has 1 aromatic carbocycles. The Labute approximate surface area is 169 Å². The predicted octanol–water partition coefficient (Wildman–Crippen LogP) is 2.97. The Morgan fingerprint density at radius 1 is 1.03 bits per heavy atom. The Morgan fingerprint density at radius 3 is 2.45 bits per heavy atom. The molecule has 3 amide bonds. The highest BCUT2D eigenvalue weighted by molar-refractivity contribution is 5.98. The summed E-state index contributed by atoms with van der Waals surface area (Å²) in [5.41, 5.74) is 1.22. The fourth-order valence-corrected chi connectivity index (χ4v) is 3.54. The van der Waals surface area contributed by atoms with Gasteiger partial charge in [-0.2, -0.15) is 0 Å². The number of hydrogen-bond donors (Lipinski definition) is 2. The average molecular weight is 395 g/mol. The monoisotopic (exact) mass is 395 g/mol. The molecule has 1 aliphatic carbocycles. The fourth-order valence-electron chi connectivity index (χ4n) is 3.54. The molecule has 2 heterocycles. The van der Waals surface area contributed by atoms with E-state index in [-0.39, 0.29) is 29.7 Å². The summed E-state index contributed by atoms with van der Waals surface area (Å²) < 4.78 is 5.35. The molecule has 29 heavy (non-hydrogen) atoms. The molecule has 0 unspecified atom stereocenters. The van der Waals surface area contributed by atoms with Gasteiger partial charge in [0.05, 0.1) is 0 Å². The Bertz CT molecular complexity index is 924. The molecule has 1 aliphatic heterocycles. The number of aryl methyl sites for hydroxylation is 1. The highest BCUT2D eigenvalue weighted by atomic mass is 16.3. The largest absolute Gasteiger partial charge is 0.456 e. The van der Waals surface area contributed by atoms with Crippen LogP contribution in [0.5, 0.6) is 0 Å². The van der Waals surface area contributed by atoms with E-state index in [1.165, 1.54) is 0 Å². The van der Waals surface area contributed by atoms with Crippen LogP contribution in [-0.2, 0) is 4.79 Å². The molecule has 0 bridgehead atoms.